The van der Waals surface area contributed by atoms with Crippen LogP contribution in [0.25, 0.3) is 0 Å². The Balaban J connectivity index is 1.42. The van der Waals surface area contributed by atoms with Gasteiger partial charge in [0.05, 0.1) is 19.4 Å². The van der Waals surface area contributed by atoms with E-state index >= 15 is 0 Å². The van der Waals surface area contributed by atoms with Gasteiger partial charge in [0.25, 0.3) is 0 Å². The molecule has 5 rings (SSSR count). The lowest BCUT2D eigenvalue weighted by atomic mass is 9.94. The molecule has 2 aromatic rings. The molecule has 2 aliphatic carbocycles. The summed E-state index contributed by atoms with van der Waals surface area (Å²) < 4.78 is 36.7. The number of ether oxygens (including phenoxy) is 2. The lowest BCUT2D eigenvalue weighted by molar-refractivity contribution is 0.132. The quantitative estimate of drug-likeness (QED) is 0.612. The topological polar surface area (TPSA) is 118 Å². The van der Waals surface area contributed by atoms with Gasteiger partial charge in [0.1, 0.15) is 4.90 Å². The number of nitrogens with zero attached hydrogens (tertiary/aromatic N) is 2. The van der Waals surface area contributed by atoms with Crippen LogP contribution in [0.4, 0.5) is 10.5 Å². The van der Waals surface area contributed by atoms with Gasteiger partial charge in [-0.05, 0) is 61.3 Å². The van der Waals surface area contributed by atoms with E-state index in [-0.39, 0.29) is 10.8 Å². The van der Waals surface area contributed by atoms with Crippen LogP contribution in [-0.2, 0) is 40.5 Å². The number of hydrogen-bond acceptors (Lipinski definition) is 6. The average molecular weight is 460 g/mol. The molecule has 3 aliphatic rings. The maximum atomic E-state index is 13.1. The van der Waals surface area contributed by atoms with E-state index in [1.807, 2.05) is 6.92 Å². The molecule has 1 aromatic carbocycles. The summed E-state index contributed by atoms with van der Waals surface area (Å²) in [6.07, 6.45) is 7.07. The van der Waals surface area contributed by atoms with Gasteiger partial charge >= 0.3 is 6.03 Å². The number of rotatable bonds is 6. The van der Waals surface area contributed by atoms with Crippen LogP contribution in [0.5, 0.6) is 5.88 Å². The highest BCUT2D eigenvalue weighted by Crippen LogP contribution is 2.44. The molecule has 172 valence electrons. The van der Waals surface area contributed by atoms with E-state index in [2.05, 4.69) is 21.2 Å². The second-order valence-corrected chi connectivity index (χ2v) is 10.3. The van der Waals surface area contributed by atoms with Gasteiger partial charge in [0, 0.05) is 31.2 Å². The summed E-state index contributed by atoms with van der Waals surface area (Å²) >= 11 is 0. The molecule has 10 heteroatoms. The zero-order chi connectivity index (χ0) is 22.3. The van der Waals surface area contributed by atoms with Crippen LogP contribution in [0.15, 0.2) is 17.2 Å². The highest BCUT2D eigenvalue weighted by atomic mass is 32.2. The minimum Gasteiger partial charge on any atom is -0.477 e. The molecule has 9 nitrogen and oxygen atoms in total. The fourth-order valence-corrected chi connectivity index (χ4v) is 6.13. The van der Waals surface area contributed by atoms with Crippen LogP contribution in [0.3, 0.4) is 0 Å². The standard InChI is InChI=1S/C22H29N5O4S/c1-2-30-13-16-8-7-15-11-14-5-3-6-17(14)20(19(15)16)25-22(28)26-32(23,29)18-12-24-27-9-4-10-31-21(18)27/h11-12,16H,2-10,13H2,1H3,(H3,23,25,26,28,29). The first-order valence-corrected chi connectivity index (χ1v) is 12.8. The molecule has 2 heterocycles. The van der Waals surface area contributed by atoms with E-state index in [0.717, 1.165) is 55.3 Å². The van der Waals surface area contributed by atoms with Crippen LogP contribution in [-0.4, -0.2) is 39.8 Å². The molecule has 0 saturated heterocycles. The normalized spacial score (nSPS) is 20.6. The highest BCUT2D eigenvalue weighted by molar-refractivity contribution is 7.91. The molecule has 2 amide bonds. The minimum atomic E-state index is -3.63. The summed E-state index contributed by atoms with van der Waals surface area (Å²) in [6.45, 7) is 4.37. The number of hydrogen-bond donors (Lipinski definition) is 3. The number of aromatic nitrogens is 2. The minimum absolute atomic E-state index is 0.102. The molecular weight excluding hydrogens is 430 g/mol. The number of nitrogens with one attached hydrogen (secondary N) is 3. The highest BCUT2D eigenvalue weighted by Gasteiger charge is 2.32. The first kappa shape index (κ1) is 21.3. The van der Waals surface area contributed by atoms with Crippen LogP contribution < -0.4 is 14.8 Å². The van der Waals surface area contributed by atoms with E-state index in [9.17, 15) is 9.00 Å². The van der Waals surface area contributed by atoms with Gasteiger partial charge in [-0.2, -0.15) is 5.10 Å². The Bertz CT molecular complexity index is 1160. The summed E-state index contributed by atoms with van der Waals surface area (Å²) in [4.78, 5) is 13.1. The van der Waals surface area contributed by atoms with Crippen molar-refractivity contribution in [2.75, 3.05) is 25.1 Å². The van der Waals surface area contributed by atoms with Gasteiger partial charge in [-0.3, -0.25) is 0 Å². The van der Waals surface area contributed by atoms with E-state index in [4.69, 9.17) is 14.3 Å². The fourth-order valence-electron chi connectivity index (χ4n) is 5.11. The van der Waals surface area contributed by atoms with Crippen molar-refractivity contribution in [3.05, 3.63) is 34.5 Å². The van der Waals surface area contributed by atoms with Gasteiger partial charge in [-0.25, -0.2) is 23.2 Å². The monoisotopic (exact) mass is 459 g/mol. The average Bonchev–Trinajstić information content (AvgIpc) is 3.49. The van der Waals surface area contributed by atoms with Crippen LogP contribution >= 0.6 is 0 Å². The third-order valence-corrected chi connectivity index (χ3v) is 7.89. The molecule has 0 radical (unpaired) electrons. The zero-order valence-electron chi connectivity index (χ0n) is 18.2. The number of carbonyl (C=O) groups excluding carboxylic acids is 1. The van der Waals surface area contributed by atoms with Gasteiger partial charge < -0.3 is 14.8 Å². The molecule has 2 unspecified atom stereocenters. The molecule has 0 bridgehead atoms. The van der Waals surface area contributed by atoms with Crippen molar-refractivity contribution in [2.45, 2.75) is 62.8 Å². The Morgan fingerprint density at radius 1 is 1.34 bits per heavy atom. The number of urea groups is 1. The van der Waals surface area contributed by atoms with Crippen molar-refractivity contribution >= 4 is 21.6 Å². The van der Waals surface area contributed by atoms with Gasteiger partial charge in [0.15, 0.2) is 9.92 Å². The lowest BCUT2D eigenvalue weighted by Crippen LogP contribution is -2.34. The van der Waals surface area contributed by atoms with Crippen molar-refractivity contribution < 1.29 is 18.5 Å². The number of amides is 2. The summed E-state index contributed by atoms with van der Waals surface area (Å²) in [6, 6.07) is 1.64. The maximum absolute atomic E-state index is 13.1. The number of benzene rings is 1. The summed E-state index contributed by atoms with van der Waals surface area (Å²) in [5.41, 5.74) is 5.65. The van der Waals surface area contributed by atoms with Crippen molar-refractivity contribution in [3.8, 4) is 5.88 Å². The molecule has 1 aromatic heterocycles. The van der Waals surface area contributed by atoms with Crippen LogP contribution in [0, 0.1) is 4.78 Å². The Labute approximate surface area is 188 Å². The Morgan fingerprint density at radius 3 is 3.06 bits per heavy atom. The van der Waals surface area contributed by atoms with Crippen molar-refractivity contribution in [1.29, 1.82) is 4.78 Å². The first-order chi connectivity index (χ1) is 15.5. The Morgan fingerprint density at radius 2 is 2.22 bits per heavy atom. The van der Waals surface area contributed by atoms with Crippen molar-refractivity contribution in [2.24, 2.45) is 0 Å². The summed E-state index contributed by atoms with van der Waals surface area (Å²) in [7, 11) is -3.63. The second kappa shape index (κ2) is 8.40. The van der Waals surface area contributed by atoms with Crippen molar-refractivity contribution in [1.82, 2.24) is 14.5 Å². The van der Waals surface area contributed by atoms with Gasteiger partial charge in [-0.15, -0.1) is 0 Å². The molecule has 0 fully saturated rings. The predicted octanol–water partition coefficient (Wildman–Crippen LogP) is 3.36. The summed E-state index contributed by atoms with van der Waals surface area (Å²) in [5, 5.41) is 7.13. The molecule has 32 heavy (non-hydrogen) atoms. The number of anilines is 1. The first-order valence-electron chi connectivity index (χ1n) is 11.3. The van der Waals surface area contributed by atoms with Crippen LogP contribution in [0.1, 0.15) is 54.4 Å². The smallest absolute Gasteiger partial charge is 0.331 e. The Hall–Kier alpha value is -2.59. The maximum Gasteiger partial charge on any atom is 0.331 e. The van der Waals surface area contributed by atoms with Crippen molar-refractivity contribution in [3.63, 3.8) is 0 Å². The van der Waals surface area contributed by atoms with Crippen LogP contribution in [0.2, 0.25) is 0 Å². The molecule has 0 saturated carbocycles. The second-order valence-electron chi connectivity index (χ2n) is 8.56. The molecule has 2 atom stereocenters. The fraction of sp³-hybridized carbons (Fsp3) is 0.545. The third-order valence-electron chi connectivity index (χ3n) is 6.52. The number of fused-ring (bicyclic) bond motifs is 3. The SMILES string of the molecule is CCOCC1CCc2cc3c(c(NC(=O)NS(=N)(=O)c4cnn5c4OCCC5)c21)CCC3. The van der Waals surface area contributed by atoms with E-state index in [1.54, 1.807) is 4.68 Å². The lowest BCUT2D eigenvalue weighted by Gasteiger charge is -2.21. The molecule has 0 spiro atoms. The number of carbonyl (C=O) groups is 1. The zero-order valence-corrected chi connectivity index (χ0v) is 19.1. The predicted molar refractivity (Wildman–Crippen MR) is 120 cm³/mol. The molecular formula is C22H29N5O4S. The third kappa shape index (κ3) is 3.75. The molecule has 1 aliphatic heterocycles. The van der Waals surface area contributed by atoms with E-state index < -0.39 is 15.9 Å². The summed E-state index contributed by atoms with van der Waals surface area (Å²) in [5.74, 6) is 0.525. The van der Waals surface area contributed by atoms with Gasteiger partial charge in [-0.1, -0.05) is 6.07 Å². The largest absolute Gasteiger partial charge is 0.477 e. The number of aryl methyl sites for hydroxylation is 3. The van der Waals surface area contributed by atoms with E-state index in [0.29, 0.717) is 32.2 Å². The van der Waals surface area contributed by atoms with E-state index in [1.165, 1.54) is 17.3 Å². The molecule has 3 N–H and O–H groups in total. The Kier molecular flexibility index (Phi) is 5.58. The van der Waals surface area contributed by atoms with Gasteiger partial charge in [0.2, 0.25) is 5.88 Å².